The summed E-state index contributed by atoms with van der Waals surface area (Å²) in [5.41, 5.74) is 12.8. The quantitative estimate of drug-likeness (QED) is 0.0896. The number of amides is 4. The van der Waals surface area contributed by atoms with E-state index in [4.69, 9.17) is 30.4 Å². The first kappa shape index (κ1) is 43.4. The van der Waals surface area contributed by atoms with E-state index in [9.17, 15) is 24.3 Å². The number of carbonyl (C=O) groups is 4. The van der Waals surface area contributed by atoms with Gasteiger partial charge in [0.2, 0.25) is 11.8 Å². The molecule has 17 nitrogen and oxygen atoms in total. The number of phenolic OH excluding ortho intramolecular Hbond substituents is 1. The highest BCUT2D eigenvalue weighted by Gasteiger charge is 2.32. The predicted molar refractivity (Wildman–Crippen MR) is 207 cm³/mol. The number of hydrogen-bond donors (Lipinski definition) is 6. The molecule has 1 saturated carbocycles. The van der Waals surface area contributed by atoms with Crippen molar-refractivity contribution in [3.8, 4) is 5.75 Å². The Kier molecular flexibility index (Phi) is 15.9. The summed E-state index contributed by atoms with van der Waals surface area (Å²) < 4.78 is 18.0. The van der Waals surface area contributed by atoms with Crippen LogP contribution in [0.3, 0.4) is 0 Å². The second-order valence-corrected chi connectivity index (χ2v) is 15.6. The number of phenols is 1. The van der Waals surface area contributed by atoms with Crippen LogP contribution in [0.1, 0.15) is 119 Å². The smallest absolute Gasteiger partial charge is 0.407 e. The number of alkyl carbamates (subject to hydrolysis) is 1. The van der Waals surface area contributed by atoms with Gasteiger partial charge >= 0.3 is 12.2 Å². The normalized spacial score (nSPS) is 15.0. The number of imidazole rings is 1. The number of nitrogens with zero attached hydrogens (tertiary/aromatic N) is 4. The molecule has 1 aliphatic rings. The fraction of sp³-hybridized carbons (Fsp3) is 0.615. The van der Waals surface area contributed by atoms with Crippen LogP contribution in [-0.4, -0.2) is 73.1 Å². The van der Waals surface area contributed by atoms with E-state index in [2.05, 4.69) is 26.1 Å². The van der Waals surface area contributed by atoms with E-state index >= 15 is 0 Å². The van der Waals surface area contributed by atoms with E-state index in [0.29, 0.717) is 62.9 Å². The maximum atomic E-state index is 14.3. The Morgan fingerprint density at radius 2 is 1.73 bits per heavy atom. The maximum absolute atomic E-state index is 14.3. The van der Waals surface area contributed by atoms with Gasteiger partial charge in [0.15, 0.2) is 17.9 Å². The number of aromatic hydroxyl groups is 1. The van der Waals surface area contributed by atoms with Gasteiger partial charge in [0, 0.05) is 38.3 Å². The number of hydrogen-bond acceptors (Lipinski definition) is 12. The number of ether oxygens (including phenoxy) is 2. The maximum Gasteiger partial charge on any atom is 0.407 e. The van der Waals surface area contributed by atoms with Gasteiger partial charge in [0.25, 0.3) is 5.91 Å². The molecular weight excluding hydrogens is 722 g/mol. The van der Waals surface area contributed by atoms with Gasteiger partial charge in [0.05, 0.1) is 0 Å². The van der Waals surface area contributed by atoms with Gasteiger partial charge in [-0.15, -0.1) is 0 Å². The van der Waals surface area contributed by atoms with E-state index in [0.717, 1.165) is 29.5 Å². The second-order valence-electron chi connectivity index (χ2n) is 15.6. The Labute approximate surface area is 328 Å². The van der Waals surface area contributed by atoms with Crippen LogP contribution in [0.2, 0.25) is 0 Å². The van der Waals surface area contributed by atoms with Crippen molar-refractivity contribution in [2.45, 2.75) is 142 Å². The van der Waals surface area contributed by atoms with E-state index in [1.165, 1.54) is 19.3 Å². The average molecular weight is 782 g/mol. The minimum atomic E-state index is -1.30. The zero-order valence-corrected chi connectivity index (χ0v) is 33.3. The summed E-state index contributed by atoms with van der Waals surface area (Å²) >= 11 is 0. The number of aromatic nitrogens is 4. The molecule has 308 valence electrons. The third kappa shape index (κ3) is 14.1. The molecule has 2 aromatic heterocycles. The number of unbranched alkanes of at least 4 members (excludes halogenated alkanes) is 1. The first-order chi connectivity index (χ1) is 26.6. The van der Waals surface area contributed by atoms with Crippen molar-refractivity contribution in [2.24, 2.45) is 11.7 Å². The summed E-state index contributed by atoms with van der Waals surface area (Å²) in [5.74, 6) is 0.387. The fourth-order valence-electron chi connectivity index (χ4n) is 6.98. The van der Waals surface area contributed by atoms with Gasteiger partial charge in [-0.1, -0.05) is 37.3 Å². The number of aryl methyl sites for hydroxylation is 3. The van der Waals surface area contributed by atoms with Crippen LogP contribution in [-0.2, 0) is 38.4 Å². The fourth-order valence-corrected chi connectivity index (χ4v) is 6.98. The van der Waals surface area contributed by atoms with Crippen LogP contribution in [0.15, 0.2) is 29.0 Å². The average Bonchev–Trinajstić information content (AvgIpc) is 3.75. The van der Waals surface area contributed by atoms with Crippen molar-refractivity contribution in [3.05, 3.63) is 52.9 Å². The summed E-state index contributed by atoms with van der Waals surface area (Å²) in [7, 11) is 0. The number of rotatable bonds is 19. The molecule has 2 heterocycles. The molecule has 17 heteroatoms. The molecule has 56 heavy (non-hydrogen) atoms. The van der Waals surface area contributed by atoms with Crippen molar-refractivity contribution >= 4 is 29.9 Å². The van der Waals surface area contributed by atoms with Crippen LogP contribution in [0.25, 0.3) is 0 Å². The van der Waals surface area contributed by atoms with E-state index in [-0.39, 0.29) is 24.5 Å². The highest BCUT2D eigenvalue weighted by atomic mass is 16.6. The second kappa shape index (κ2) is 20.5. The number of anilines is 1. The standard InChI is InChI=1S/C39H59N9O8/c1-24-20-27(49)21-25(2)28(24)23-30(45-34(51)31(54-37(41)52)15-11-18-48-19-17-42-36(48)40)33(50)44-29(14-9-10-16-43-38(53)55-39(3,4)5)35-46-32(47-56-35)22-26-12-7-6-8-13-26/h17,19-21,26,29-31,49H,6-16,18,22-23H2,1-5H3,(H2,40,42)(H2,41,52)(H,43,53)(H,44,50)(H,45,51)/t29-,30-,31+/m0/s1. The zero-order chi connectivity index (χ0) is 40.8. The van der Waals surface area contributed by atoms with Gasteiger partial charge in [0.1, 0.15) is 23.4 Å². The number of nitrogens with two attached hydrogens (primary N) is 2. The van der Waals surface area contributed by atoms with Gasteiger partial charge < -0.3 is 51.1 Å². The van der Waals surface area contributed by atoms with E-state index < -0.39 is 47.8 Å². The lowest BCUT2D eigenvalue weighted by Gasteiger charge is -2.25. The predicted octanol–water partition coefficient (Wildman–Crippen LogP) is 4.82. The van der Waals surface area contributed by atoms with Crippen molar-refractivity contribution in [1.29, 1.82) is 0 Å². The summed E-state index contributed by atoms with van der Waals surface area (Å²) in [6.07, 6.45) is 8.75. The van der Waals surface area contributed by atoms with Gasteiger partial charge in [-0.25, -0.2) is 14.6 Å². The third-order valence-electron chi connectivity index (χ3n) is 9.77. The van der Waals surface area contributed by atoms with Crippen molar-refractivity contribution in [2.75, 3.05) is 12.3 Å². The minimum absolute atomic E-state index is 0.0493. The molecule has 1 aromatic carbocycles. The van der Waals surface area contributed by atoms with Crippen LogP contribution in [0.5, 0.6) is 5.75 Å². The first-order valence-electron chi connectivity index (χ1n) is 19.5. The highest BCUT2D eigenvalue weighted by molar-refractivity contribution is 5.90. The Morgan fingerprint density at radius 3 is 2.38 bits per heavy atom. The number of primary amides is 1. The Balaban J connectivity index is 1.54. The van der Waals surface area contributed by atoms with Crippen molar-refractivity contribution in [3.63, 3.8) is 0 Å². The summed E-state index contributed by atoms with van der Waals surface area (Å²) in [6.45, 7) is 9.72. The molecule has 0 aliphatic heterocycles. The third-order valence-corrected chi connectivity index (χ3v) is 9.77. The SMILES string of the molecule is Cc1cc(O)cc(C)c1C[C@H](NC(=O)[C@@H](CCCn1ccnc1N)OC(N)=O)C(=O)N[C@@H](CCCCNC(=O)OC(C)(C)C)c1nc(CC2CCCCC2)no1. The molecule has 0 radical (unpaired) electrons. The molecule has 8 N–H and O–H groups in total. The largest absolute Gasteiger partial charge is 0.508 e. The molecule has 1 aliphatic carbocycles. The van der Waals surface area contributed by atoms with Gasteiger partial charge in [-0.05, 0) is 101 Å². The minimum Gasteiger partial charge on any atom is -0.508 e. The van der Waals surface area contributed by atoms with Crippen molar-refractivity contribution < 1.29 is 38.3 Å². The van der Waals surface area contributed by atoms with Crippen LogP contribution < -0.4 is 27.4 Å². The van der Waals surface area contributed by atoms with Crippen molar-refractivity contribution in [1.82, 2.24) is 35.6 Å². The molecule has 1 fully saturated rings. The Hall–Kier alpha value is -5.35. The molecule has 0 spiro atoms. The van der Waals surface area contributed by atoms with Gasteiger partial charge in [-0.2, -0.15) is 4.98 Å². The lowest BCUT2D eigenvalue weighted by Crippen LogP contribution is -2.52. The summed E-state index contributed by atoms with van der Waals surface area (Å²) in [4.78, 5) is 60.9. The molecule has 4 amide bonds. The van der Waals surface area contributed by atoms with E-state index in [1.807, 2.05) is 0 Å². The van der Waals surface area contributed by atoms with Crippen LogP contribution >= 0.6 is 0 Å². The number of benzene rings is 1. The molecular formula is C39H59N9O8. The molecule has 0 saturated heterocycles. The number of carbonyl (C=O) groups excluding carboxylic acids is 4. The summed E-state index contributed by atoms with van der Waals surface area (Å²) in [6, 6.07) is 1.28. The lowest BCUT2D eigenvalue weighted by atomic mass is 9.87. The topological polar surface area (TPSA) is 252 Å². The molecule has 0 bridgehead atoms. The van der Waals surface area contributed by atoms with Crippen LogP contribution in [0, 0.1) is 19.8 Å². The monoisotopic (exact) mass is 781 g/mol. The van der Waals surface area contributed by atoms with E-state index in [1.54, 1.807) is 63.7 Å². The number of nitrogen functional groups attached to an aromatic ring is 1. The Bertz CT molecular complexity index is 1740. The molecule has 3 aromatic rings. The zero-order valence-electron chi connectivity index (χ0n) is 33.3. The Morgan fingerprint density at radius 1 is 1.02 bits per heavy atom. The highest BCUT2D eigenvalue weighted by Crippen LogP contribution is 2.28. The van der Waals surface area contributed by atoms with Crippen LogP contribution in [0.4, 0.5) is 15.5 Å². The lowest BCUT2D eigenvalue weighted by molar-refractivity contribution is -0.134. The first-order valence-corrected chi connectivity index (χ1v) is 19.5. The molecule has 0 unspecified atom stereocenters. The van der Waals surface area contributed by atoms with Gasteiger partial charge in [-0.3, -0.25) is 9.59 Å². The molecule has 4 rings (SSSR count). The summed E-state index contributed by atoms with van der Waals surface area (Å²) in [5, 5.41) is 23.1. The molecule has 3 atom stereocenters. The number of nitrogens with one attached hydrogen (secondary N) is 3.